The number of aryl methyl sites for hydroxylation is 2. The van der Waals surface area contributed by atoms with Crippen molar-refractivity contribution in [3.8, 4) is 17.1 Å². The highest BCUT2D eigenvalue weighted by atomic mass is 16.5. The summed E-state index contributed by atoms with van der Waals surface area (Å²) in [4.78, 5) is 32.3. The highest BCUT2D eigenvalue weighted by Crippen LogP contribution is 2.29. The number of nitrogens with two attached hydrogens (primary N) is 3. The van der Waals surface area contributed by atoms with Gasteiger partial charge < -0.3 is 26.8 Å². The summed E-state index contributed by atoms with van der Waals surface area (Å²) in [5.41, 5.74) is 23.6. The number of aromatic amines is 1. The van der Waals surface area contributed by atoms with Crippen LogP contribution < -0.4 is 21.9 Å². The Bertz CT molecular complexity index is 1580. The highest BCUT2D eigenvalue weighted by molar-refractivity contribution is 5.93. The van der Waals surface area contributed by atoms with Crippen LogP contribution in [0.25, 0.3) is 11.4 Å². The molecule has 0 saturated carbocycles. The molecule has 0 fully saturated rings. The Morgan fingerprint density at radius 1 is 1.09 bits per heavy atom. The molecule has 0 aliphatic carbocycles. The number of nitrogens with zero attached hydrogens (tertiary/aromatic N) is 5. The van der Waals surface area contributed by atoms with Crippen LogP contribution in [0.15, 0.2) is 65.7 Å². The molecule has 0 radical (unpaired) electrons. The first-order valence-corrected chi connectivity index (χ1v) is 14.3. The van der Waals surface area contributed by atoms with Crippen LogP contribution in [-0.2, 0) is 17.8 Å². The number of hydrogen-bond donors (Lipinski definition) is 4. The zero-order chi connectivity index (χ0) is 31.8. The lowest BCUT2D eigenvalue weighted by Gasteiger charge is -2.30. The number of hydrogen-bond acceptors (Lipinski definition) is 9. The molecule has 7 N–H and O–H groups in total. The van der Waals surface area contributed by atoms with Crippen molar-refractivity contribution in [1.29, 1.82) is 0 Å². The number of carbonyl (C=O) groups excluding carboxylic acids is 2. The first kappa shape index (κ1) is 32.0. The lowest BCUT2D eigenvalue weighted by atomic mass is 9.93. The molecule has 12 nitrogen and oxygen atoms in total. The quantitative estimate of drug-likeness (QED) is 0.169. The lowest BCUT2D eigenvalue weighted by Crippen LogP contribution is -2.49. The Kier molecular flexibility index (Phi) is 10.5. The predicted octanol–water partition coefficient (Wildman–Crippen LogP) is 2.65. The summed E-state index contributed by atoms with van der Waals surface area (Å²) in [5, 5.41) is 14.1. The number of amides is 2. The summed E-state index contributed by atoms with van der Waals surface area (Å²) in [7, 11) is 1.57. The standard InChI is InChI=1S/C32H39N9O3/c1-19-12-24(30(35)42)13-20(2)25(19)15-27(34)32(43)41(21(3)17-36-28(16-33)23-8-6-5-7-9-23)18-22-10-11-29(44-4)26(14-22)31-37-39-40-38-31/h5-14,17,21,27-28H,15-16,18,33-34H2,1-4H3,(H2,35,42)(H,37,38,39,40)/b36-17+/t21-,27-,28?/m0/s1. The minimum atomic E-state index is -0.863. The molecule has 4 aromatic rings. The van der Waals surface area contributed by atoms with Crippen LogP contribution in [-0.4, -0.2) is 69.3 Å². The summed E-state index contributed by atoms with van der Waals surface area (Å²) in [6, 6.07) is 17.2. The number of nitrogens with one attached hydrogen (secondary N) is 1. The van der Waals surface area contributed by atoms with Gasteiger partial charge in [-0.1, -0.05) is 36.4 Å². The molecule has 12 heteroatoms. The highest BCUT2D eigenvalue weighted by Gasteiger charge is 2.27. The number of H-pyrrole nitrogens is 1. The molecule has 4 rings (SSSR count). The van der Waals surface area contributed by atoms with Crippen LogP contribution in [0.4, 0.5) is 0 Å². The van der Waals surface area contributed by atoms with Gasteiger partial charge in [-0.3, -0.25) is 14.6 Å². The minimum Gasteiger partial charge on any atom is -0.496 e. The van der Waals surface area contributed by atoms with Gasteiger partial charge in [0.1, 0.15) is 5.75 Å². The Hall–Kier alpha value is -4.94. The number of aliphatic imine (C=N–C) groups is 1. The van der Waals surface area contributed by atoms with E-state index < -0.39 is 18.0 Å². The molecular formula is C32H39N9O3. The first-order chi connectivity index (χ1) is 21.1. The molecule has 0 saturated heterocycles. The number of benzene rings is 3. The fourth-order valence-electron chi connectivity index (χ4n) is 5.18. The van der Waals surface area contributed by atoms with Crippen molar-refractivity contribution in [3.63, 3.8) is 0 Å². The van der Waals surface area contributed by atoms with Gasteiger partial charge in [0.2, 0.25) is 11.8 Å². The number of methoxy groups -OCH3 is 1. The van der Waals surface area contributed by atoms with E-state index in [9.17, 15) is 9.59 Å². The van der Waals surface area contributed by atoms with Gasteiger partial charge in [0.25, 0.3) is 0 Å². The van der Waals surface area contributed by atoms with Crippen molar-refractivity contribution in [2.45, 2.75) is 51.9 Å². The van der Waals surface area contributed by atoms with Crippen LogP contribution >= 0.6 is 0 Å². The number of tetrazole rings is 1. The SMILES string of the molecule is COc1ccc(CN(C(=O)[C@@H](N)Cc2c(C)cc(C(N)=O)cc2C)[C@@H](C)/C=N/C(CN)c2ccccc2)cc1-c1nnn[nH]1. The van der Waals surface area contributed by atoms with Crippen molar-refractivity contribution in [3.05, 3.63) is 94.0 Å². The van der Waals surface area contributed by atoms with Gasteiger partial charge in [-0.15, -0.1) is 5.10 Å². The second kappa shape index (κ2) is 14.5. The molecule has 3 atom stereocenters. The average Bonchev–Trinajstić information content (AvgIpc) is 3.57. The number of carbonyl (C=O) groups is 2. The van der Waals surface area contributed by atoms with Crippen molar-refractivity contribution in [2.24, 2.45) is 22.2 Å². The average molecular weight is 598 g/mol. The summed E-state index contributed by atoms with van der Waals surface area (Å²) < 4.78 is 5.52. The Morgan fingerprint density at radius 2 is 1.80 bits per heavy atom. The van der Waals surface area contributed by atoms with Crippen molar-refractivity contribution in [1.82, 2.24) is 25.5 Å². The molecule has 0 aliphatic heterocycles. The van der Waals surface area contributed by atoms with E-state index in [2.05, 4.69) is 20.6 Å². The van der Waals surface area contributed by atoms with Gasteiger partial charge in [-0.05, 0) is 89.7 Å². The zero-order valence-electron chi connectivity index (χ0n) is 25.4. The fraction of sp³-hybridized carbons (Fsp3) is 0.312. The molecule has 0 aliphatic rings. The topological polar surface area (TPSA) is 191 Å². The third kappa shape index (κ3) is 7.52. The molecule has 1 aromatic heterocycles. The van der Waals surface area contributed by atoms with Gasteiger partial charge in [-0.25, -0.2) is 5.10 Å². The number of rotatable bonds is 13. The molecule has 2 amide bonds. The monoisotopic (exact) mass is 597 g/mol. The molecule has 0 bridgehead atoms. The van der Waals surface area contributed by atoms with Crippen LogP contribution in [0.1, 0.15) is 51.1 Å². The third-order valence-electron chi connectivity index (χ3n) is 7.60. The third-order valence-corrected chi connectivity index (χ3v) is 7.60. The van der Waals surface area contributed by atoms with E-state index in [1.807, 2.05) is 63.2 Å². The van der Waals surface area contributed by atoms with E-state index in [1.165, 1.54) is 0 Å². The smallest absolute Gasteiger partial charge is 0.248 e. The maximum atomic E-state index is 14.1. The molecule has 1 unspecified atom stereocenters. The van der Waals surface area contributed by atoms with Crippen molar-refractivity contribution < 1.29 is 14.3 Å². The van der Waals surface area contributed by atoms with E-state index in [4.69, 9.17) is 26.9 Å². The molecule has 0 spiro atoms. The largest absolute Gasteiger partial charge is 0.496 e. The van der Waals surface area contributed by atoms with Crippen molar-refractivity contribution >= 4 is 18.0 Å². The number of aromatic nitrogens is 4. The second-order valence-corrected chi connectivity index (χ2v) is 10.7. The van der Waals surface area contributed by atoms with E-state index in [1.54, 1.807) is 36.4 Å². The minimum absolute atomic E-state index is 0.232. The molecule has 3 aromatic carbocycles. The maximum Gasteiger partial charge on any atom is 0.248 e. The molecule has 44 heavy (non-hydrogen) atoms. The van der Waals surface area contributed by atoms with Gasteiger partial charge in [0, 0.05) is 24.9 Å². The normalized spacial score (nSPS) is 13.4. The van der Waals surface area contributed by atoms with E-state index in [-0.39, 0.29) is 24.9 Å². The summed E-state index contributed by atoms with van der Waals surface area (Å²) in [6.45, 7) is 6.21. The van der Waals surface area contributed by atoms with E-state index in [0.717, 1.165) is 27.8 Å². The molecular weight excluding hydrogens is 558 g/mol. The van der Waals surface area contributed by atoms with E-state index >= 15 is 0 Å². The summed E-state index contributed by atoms with van der Waals surface area (Å²) in [6.07, 6.45) is 2.03. The fourth-order valence-corrected chi connectivity index (χ4v) is 5.18. The van der Waals surface area contributed by atoms with Crippen molar-refractivity contribution in [2.75, 3.05) is 13.7 Å². The Morgan fingerprint density at radius 3 is 2.39 bits per heavy atom. The Labute approximate surface area is 256 Å². The predicted molar refractivity (Wildman–Crippen MR) is 169 cm³/mol. The molecule has 230 valence electrons. The molecule has 1 heterocycles. The first-order valence-electron chi connectivity index (χ1n) is 14.3. The van der Waals surface area contributed by atoms with Gasteiger partial charge in [-0.2, -0.15) is 0 Å². The van der Waals surface area contributed by atoms with Crippen LogP contribution in [0.5, 0.6) is 5.75 Å². The summed E-state index contributed by atoms with van der Waals surface area (Å²) >= 11 is 0. The van der Waals surface area contributed by atoms with E-state index in [0.29, 0.717) is 29.2 Å². The van der Waals surface area contributed by atoms with Gasteiger partial charge in [0.05, 0.1) is 30.8 Å². The Balaban J connectivity index is 1.66. The number of ether oxygens (including phenoxy) is 1. The van der Waals surface area contributed by atoms with Crippen LogP contribution in [0.2, 0.25) is 0 Å². The van der Waals surface area contributed by atoms with Crippen LogP contribution in [0.3, 0.4) is 0 Å². The number of primary amides is 1. The zero-order valence-corrected chi connectivity index (χ0v) is 25.4. The van der Waals surface area contributed by atoms with Crippen LogP contribution in [0, 0.1) is 13.8 Å². The second-order valence-electron chi connectivity index (χ2n) is 10.7. The summed E-state index contributed by atoms with van der Waals surface area (Å²) in [5.74, 6) is 0.250. The van der Waals surface area contributed by atoms with Gasteiger partial charge >= 0.3 is 0 Å². The lowest BCUT2D eigenvalue weighted by molar-refractivity contribution is -0.134. The maximum absolute atomic E-state index is 14.1. The van der Waals surface area contributed by atoms with Gasteiger partial charge in [0.15, 0.2) is 5.82 Å².